The summed E-state index contributed by atoms with van der Waals surface area (Å²) in [6.07, 6.45) is 0. The minimum atomic E-state index is -0.0485. The van der Waals surface area contributed by atoms with Gasteiger partial charge in [0.1, 0.15) is 0 Å². The number of hydrogen-bond donors (Lipinski definition) is 0. The fourth-order valence-corrected chi connectivity index (χ4v) is 4.66. The van der Waals surface area contributed by atoms with Gasteiger partial charge in [0.15, 0.2) is 0 Å². The Balaban J connectivity index is 2.10. The van der Waals surface area contributed by atoms with E-state index in [1.165, 1.54) is 12.7 Å². The standard InChI is InChI=1S/C18H23IN/c1-18(2,14-20(3)4)15-10-12-17(13-11-15)19-16-8-6-5-7-9-16/h5-13H,14H2,1-4H3/q-1. The van der Waals surface area contributed by atoms with E-state index in [9.17, 15) is 0 Å². The first-order valence-electron chi connectivity index (χ1n) is 6.92. The summed E-state index contributed by atoms with van der Waals surface area (Å²) < 4.78 is 2.96. The van der Waals surface area contributed by atoms with Crippen LogP contribution >= 0.6 is 0 Å². The molecule has 0 spiro atoms. The third kappa shape index (κ3) is 4.32. The van der Waals surface area contributed by atoms with Gasteiger partial charge in [-0.1, -0.05) is 0 Å². The van der Waals surface area contributed by atoms with Gasteiger partial charge in [-0.05, 0) is 0 Å². The Labute approximate surface area is 133 Å². The van der Waals surface area contributed by atoms with Crippen LogP contribution in [0.15, 0.2) is 54.6 Å². The second-order valence-electron chi connectivity index (χ2n) is 6.02. The van der Waals surface area contributed by atoms with Crippen molar-refractivity contribution in [3.05, 3.63) is 67.3 Å². The molecule has 20 heavy (non-hydrogen) atoms. The summed E-state index contributed by atoms with van der Waals surface area (Å²) in [6.45, 7) is 5.70. The molecule has 0 aromatic heterocycles. The van der Waals surface area contributed by atoms with Crippen LogP contribution in [-0.2, 0) is 5.41 Å². The van der Waals surface area contributed by atoms with E-state index in [4.69, 9.17) is 0 Å². The number of rotatable bonds is 5. The summed E-state index contributed by atoms with van der Waals surface area (Å²) in [6, 6.07) is 20.0. The zero-order chi connectivity index (χ0) is 14.6. The van der Waals surface area contributed by atoms with Crippen LogP contribution in [0, 0.1) is 7.14 Å². The van der Waals surface area contributed by atoms with Gasteiger partial charge in [0, 0.05) is 0 Å². The third-order valence-corrected chi connectivity index (χ3v) is 5.97. The number of halogens is 1. The van der Waals surface area contributed by atoms with Gasteiger partial charge in [-0.3, -0.25) is 0 Å². The van der Waals surface area contributed by atoms with Crippen molar-refractivity contribution in [2.75, 3.05) is 20.6 Å². The van der Waals surface area contributed by atoms with Crippen LogP contribution in [0.1, 0.15) is 19.4 Å². The van der Waals surface area contributed by atoms with Gasteiger partial charge in [0.2, 0.25) is 0 Å². The van der Waals surface area contributed by atoms with E-state index in [2.05, 4.69) is 87.4 Å². The van der Waals surface area contributed by atoms with E-state index in [1.807, 2.05) is 0 Å². The Hall–Kier alpha value is -0.870. The SMILES string of the molecule is CN(C)CC(C)(C)c1ccc([I-]c2ccccc2)cc1. The molecular weight excluding hydrogens is 357 g/mol. The van der Waals surface area contributed by atoms with Crippen molar-refractivity contribution < 1.29 is 21.2 Å². The molecule has 0 aliphatic carbocycles. The van der Waals surface area contributed by atoms with Gasteiger partial charge in [-0.15, -0.1) is 0 Å². The summed E-state index contributed by atoms with van der Waals surface area (Å²) in [5, 5.41) is 0. The monoisotopic (exact) mass is 380 g/mol. The van der Waals surface area contributed by atoms with E-state index in [1.54, 1.807) is 0 Å². The Morgan fingerprint density at radius 2 is 1.40 bits per heavy atom. The quantitative estimate of drug-likeness (QED) is 0.689. The Morgan fingerprint density at radius 1 is 0.850 bits per heavy atom. The molecule has 0 atom stereocenters. The fraction of sp³-hybridized carbons (Fsp3) is 0.333. The maximum atomic E-state index is 2.31. The van der Waals surface area contributed by atoms with Crippen LogP contribution in [0.5, 0.6) is 0 Å². The second kappa shape index (κ2) is 6.72. The molecule has 0 fully saturated rings. The molecule has 0 unspecified atom stereocenters. The van der Waals surface area contributed by atoms with Crippen LogP contribution < -0.4 is 21.2 Å². The predicted octanol–water partition coefficient (Wildman–Crippen LogP) is 0.654. The first kappa shape index (κ1) is 15.5. The van der Waals surface area contributed by atoms with E-state index in [0.29, 0.717) is 0 Å². The van der Waals surface area contributed by atoms with Crippen LogP contribution in [0.4, 0.5) is 0 Å². The minimum absolute atomic E-state index is 0.0485. The van der Waals surface area contributed by atoms with Crippen LogP contribution in [0.2, 0.25) is 0 Å². The van der Waals surface area contributed by atoms with Crippen LogP contribution in [-0.4, -0.2) is 25.5 Å². The van der Waals surface area contributed by atoms with Crippen molar-refractivity contribution in [2.24, 2.45) is 0 Å². The maximum absolute atomic E-state index is 2.31. The average Bonchev–Trinajstić information content (AvgIpc) is 2.39. The third-order valence-electron chi connectivity index (χ3n) is 3.29. The molecule has 0 N–H and O–H groups in total. The molecule has 0 amide bonds. The summed E-state index contributed by atoms with van der Waals surface area (Å²) in [5.41, 5.74) is 1.62. The summed E-state index contributed by atoms with van der Waals surface area (Å²) in [5.74, 6) is 0. The van der Waals surface area contributed by atoms with E-state index in [0.717, 1.165) is 6.54 Å². The zero-order valence-electron chi connectivity index (χ0n) is 12.7. The Morgan fingerprint density at radius 3 is 1.95 bits per heavy atom. The molecule has 0 heterocycles. The van der Waals surface area contributed by atoms with E-state index < -0.39 is 0 Å². The Bertz CT molecular complexity index is 529. The van der Waals surface area contributed by atoms with Gasteiger partial charge in [0.25, 0.3) is 0 Å². The van der Waals surface area contributed by atoms with Crippen molar-refractivity contribution in [3.63, 3.8) is 0 Å². The summed E-state index contributed by atoms with van der Waals surface area (Å²) in [4.78, 5) is 2.25. The molecule has 108 valence electrons. The van der Waals surface area contributed by atoms with Crippen LogP contribution in [0.3, 0.4) is 0 Å². The average molecular weight is 380 g/mol. The summed E-state index contributed by atoms with van der Waals surface area (Å²) >= 11 is -0.0485. The molecule has 2 rings (SSSR count). The number of likely N-dealkylation sites (N-methyl/N-ethyl adjacent to an activating group) is 1. The van der Waals surface area contributed by atoms with Crippen molar-refractivity contribution in [1.29, 1.82) is 0 Å². The molecule has 0 aliphatic heterocycles. The molecule has 0 aliphatic rings. The van der Waals surface area contributed by atoms with E-state index >= 15 is 0 Å². The van der Waals surface area contributed by atoms with Crippen molar-refractivity contribution in [1.82, 2.24) is 4.90 Å². The zero-order valence-corrected chi connectivity index (χ0v) is 14.9. The number of hydrogen-bond acceptors (Lipinski definition) is 1. The van der Waals surface area contributed by atoms with Gasteiger partial charge < -0.3 is 0 Å². The molecule has 0 saturated heterocycles. The molecular formula is C18H23IN-. The molecule has 0 bridgehead atoms. The van der Waals surface area contributed by atoms with Gasteiger partial charge in [-0.25, -0.2) is 0 Å². The fourth-order valence-electron chi connectivity index (χ4n) is 2.45. The molecule has 0 radical (unpaired) electrons. The van der Waals surface area contributed by atoms with Crippen molar-refractivity contribution in [3.8, 4) is 0 Å². The van der Waals surface area contributed by atoms with Crippen molar-refractivity contribution in [2.45, 2.75) is 19.3 Å². The number of benzene rings is 2. The van der Waals surface area contributed by atoms with Gasteiger partial charge in [0.05, 0.1) is 0 Å². The molecule has 0 saturated carbocycles. The molecule has 1 nitrogen and oxygen atoms in total. The predicted molar refractivity (Wildman–Crippen MR) is 81.9 cm³/mol. The second-order valence-corrected chi connectivity index (χ2v) is 9.05. The molecule has 2 aromatic rings. The normalized spacial score (nSPS) is 12.1. The van der Waals surface area contributed by atoms with Gasteiger partial charge in [-0.2, -0.15) is 0 Å². The first-order chi connectivity index (χ1) is 9.47. The van der Waals surface area contributed by atoms with Gasteiger partial charge >= 0.3 is 133 Å². The van der Waals surface area contributed by atoms with Crippen LogP contribution in [0.25, 0.3) is 0 Å². The molecule has 2 heteroatoms. The topological polar surface area (TPSA) is 3.24 Å². The molecule has 2 aromatic carbocycles. The Kier molecular flexibility index (Phi) is 5.22. The summed E-state index contributed by atoms with van der Waals surface area (Å²) in [7, 11) is 4.27. The van der Waals surface area contributed by atoms with Crippen molar-refractivity contribution >= 4 is 0 Å². The number of nitrogens with zero attached hydrogens (tertiary/aromatic N) is 1. The first-order valence-corrected chi connectivity index (χ1v) is 9.08. The van der Waals surface area contributed by atoms with E-state index in [-0.39, 0.29) is 26.6 Å².